The van der Waals surface area contributed by atoms with Gasteiger partial charge in [-0.3, -0.25) is 9.59 Å². The Balaban J connectivity index is 2.87. The molecule has 0 saturated heterocycles. The van der Waals surface area contributed by atoms with E-state index in [0.717, 1.165) is 5.56 Å². The fraction of sp³-hybridized carbons (Fsp3) is 0.556. The van der Waals surface area contributed by atoms with Crippen LogP contribution in [0.2, 0.25) is 0 Å². The first-order valence-electron chi connectivity index (χ1n) is 8.27. The highest BCUT2D eigenvalue weighted by molar-refractivity contribution is 5.76. The quantitative estimate of drug-likeness (QED) is 0.632. The molecular weight excluding hydrogens is 310 g/mol. The maximum Gasteiger partial charge on any atom is 0.313 e. The van der Waals surface area contributed by atoms with Gasteiger partial charge in [0.25, 0.3) is 0 Å². The third-order valence-electron chi connectivity index (χ3n) is 3.62. The smallest absolute Gasteiger partial charge is 0.313 e. The fourth-order valence-corrected chi connectivity index (χ4v) is 2.51. The Morgan fingerprint density at radius 1 is 1.12 bits per heavy atom. The summed E-state index contributed by atoms with van der Waals surface area (Å²) in [5, 5.41) is 13.2. The predicted octanol–water partition coefficient (Wildman–Crippen LogP) is 1.66. The summed E-state index contributed by atoms with van der Waals surface area (Å²) < 4.78 is 10.0. The monoisotopic (exact) mass is 337 g/mol. The van der Waals surface area contributed by atoms with Crippen molar-refractivity contribution >= 4 is 11.9 Å². The lowest BCUT2D eigenvalue weighted by Gasteiger charge is -2.28. The average molecular weight is 337 g/mol. The Kier molecular flexibility index (Phi) is 9.04. The molecule has 134 valence electrons. The van der Waals surface area contributed by atoms with Crippen molar-refractivity contribution in [2.75, 3.05) is 13.2 Å². The van der Waals surface area contributed by atoms with Crippen LogP contribution in [-0.4, -0.2) is 42.4 Å². The highest BCUT2D eigenvalue weighted by Gasteiger charge is 2.35. The first-order chi connectivity index (χ1) is 11.5. The molecule has 0 aliphatic carbocycles. The highest BCUT2D eigenvalue weighted by Crippen LogP contribution is 2.17. The summed E-state index contributed by atoms with van der Waals surface area (Å²) >= 11 is 0. The molecule has 0 saturated carbocycles. The van der Waals surface area contributed by atoms with Gasteiger partial charge in [0.15, 0.2) is 0 Å². The summed E-state index contributed by atoms with van der Waals surface area (Å²) in [6.07, 6.45) is -0.971. The van der Waals surface area contributed by atoms with Crippen molar-refractivity contribution in [1.29, 1.82) is 0 Å². The number of hydrogen-bond acceptors (Lipinski definition) is 6. The average Bonchev–Trinajstić information content (AvgIpc) is 2.53. The molecule has 1 rings (SSSR count). The zero-order valence-corrected chi connectivity index (χ0v) is 14.5. The molecule has 1 aromatic rings. The van der Waals surface area contributed by atoms with Crippen LogP contribution in [0.15, 0.2) is 30.3 Å². The van der Waals surface area contributed by atoms with Crippen LogP contribution in [0.1, 0.15) is 32.8 Å². The molecule has 0 radical (unpaired) electrons. The van der Waals surface area contributed by atoms with Crippen LogP contribution in [0.25, 0.3) is 0 Å². The van der Waals surface area contributed by atoms with E-state index in [9.17, 15) is 14.7 Å². The van der Waals surface area contributed by atoms with Crippen molar-refractivity contribution in [3.05, 3.63) is 35.9 Å². The lowest BCUT2D eigenvalue weighted by atomic mass is 9.91. The highest BCUT2D eigenvalue weighted by atomic mass is 16.5. The Morgan fingerprint density at radius 2 is 1.75 bits per heavy atom. The molecule has 6 nitrogen and oxygen atoms in total. The van der Waals surface area contributed by atoms with Gasteiger partial charge >= 0.3 is 11.9 Å². The summed E-state index contributed by atoms with van der Waals surface area (Å²) in [5.41, 5.74) is 1.01. The molecule has 3 atom stereocenters. The molecule has 0 aliphatic heterocycles. The number of rotatable bonds is 10. The molecule has 6 heteroatoms. The van der Waals surface area contributed by atoms with E-state index >= 15 is 0 Å². The molecule has 0 bridgehead atoms. The van der Waals surface area contributed by atoms with Crippen molar-refractivity contribution in [3.63, 3.8) is 0 Å². The Hall–Kier alpha value is -1.92. The minimum Gasteiger partial charge on any atom is -0.466 e. The van der Waals surface area contributed by atoms with E-state index in [2.05, 4.69) is 5.32 Å². The van der Waals surface area contributed by atoms with Gasteiger partial charge in [0.2, 0.25) is 0 Å². The summed E-state index contributed by atoms with van der Waals surface area (Å²) in [4.78, 5) is 24.1. The number of carbonyl (C=O) groups is 2. The molecule has 0 spiro atoms. The van der Waals surface area contributed by atoms with Gasteiger partial charge in [-0.05, 0) is 26.3 Å². The zero-order valence-electron chi connectivity index (χ0n) is 14.5. The topological polar surface area (TPSA) is 84.9 Å². The molecule has 2 N–H and O–H groups in total. The van der Waals surface area contributed by atoms with Crippen molar-refractivity contribution < 1.29 is 24.2 Å². The molecule has 0 aromatic heterocycles. The van der Waals surface area contributed by atoms with Gasteiger partial charge in [0.05, 0.1) is 31.7 Å². The first-order valence-corrected chi connectivity index (χ1v) is 8.27. The minimum absolute atomic E-state index is 0.0188. The normalized spacial score (nSPS) is 14.5. The van der Waals surface area contributed by atoms with Crippen molar-refractivity contribution in [2.24, 2.45) is 5.92 Å². The van der Waals surface area contributed by atoms with E-state index in [1.165, 1.54) is 6.92 Å². The summed E-state index contributed by atoms with van der Waals surface area (Å²) in [5.74, 6) is -1.79. The lowest BCUT2D eigenvalue weighted by Crippen LogP contribution is -2.47. The maximum absolute atomic E-state index is 12.2. The van der Waals surface area contributed by atoms with Gasteiger partial charge < -0.3 is 19.9 Å². The summed E-state index contributed by atoms with van der Waals surface area (Å²) in [6, 6.07) is 9.04. The number of hydrogen-bond donors (Lipinski definition) is 2. The van der Waals surface area contributed by atoms with Crippen LogP contribution < -0.4 is 5.32 Å². The van der Waals surface area contributed by atoms with Gasteiger partial charge in [0.1, 0.15) is 0 Å². The van der Waals surface area contributed by atoms with Crippen molar-refractivity contribution in [3.8, 4) is 0 Å². The van der Waals surface area contributed by atoms with E-state index in [1.54, 1.807) is 13.8 Å². The number of ether oxygens (including phenoxy) is 2. The second kappa shape index (κ2) is 10.8. The third-order valence-corrected chi connectivity index (χ3v) is 3.62. The standard InChI is InChI=1S/C18H27NO5/c1-4-23-16(21)11-15(17(13(3)20)18(22)24-5-2)19-12-14-9-7-6-8-10-14/h6-10,13,15,17,19-20H,4-5,11-12H2,1-3H3. The summed E-state index contributed by atoms with van der Waals surface area (Å²) in [7, 11) is 0. The van der Waals surface area contributed by atoms with E-state index in [0.29, 0.717) is 6.54 Å². The number of aliphatic hydroxyl groups excluding tert-OH is 1. The maximum atomic E-state index is 12.2. The molecule has 0 heterocycles. The van der Waals surface area contributed by atoms with Crippen molar-refractivity contribution in [2.45, 2.75) is 45.9 Å². The summed E-state index contributed by atoms with van der Waals surface area (Å²) in [6.45, 7) is 5.89. The van der Waals surface area contributed by atoms with E-state index in [4.69, 9.17) is 9.47 Å². The molecule has 24 heavy (non-hydrogen) atoms. The SMILES string of the molecule is CCOC(=O)CC(NCc1ccccc1)C(C(=O)OCC)C(C)O. The Bertz CT molecular complexity index is 503. The fourth-order valence-electron chi connectivity index (χ4n) is 2.51. The van der Waals surface area contributed by atoms with Crippen LogP contribution in [-0.2, 0) is 25.6 Å². The van der Waals surface area contributed by atoms with E-state index < -0.39 is 30.0 Å². The van der Waals surface area contributed by atoms with E-state index in [-0.39, 0.29) is 19.6 Å². The van der Waals surface area contributed by atoms with Gasteiger partial charge in [-0.1, -0.05) is 30.3 Å². The molecule has 0 aliphatic rings. The third kappa shape index (κ3) is 6.68. The van der Waals surface area contributed by atoms with Gasteiger partial charge in [-0.2, -0.15) is 0 Å². The largest absolute Gasteiger partial charge is 0.466 e. The van der Waals surface area contributed by atoms with E-state index in [1.807, 2.05) is 30.3 Å². The first kappa shape index (κ1) is 20.1. The number of esters is 2. The van der Waals surface area contributed by atoms with Gasteiger partial charge in [-0.25, -0.2) is 0 Å². The lowest BCUT2D eigenvalue weighted by molar-refractivity contribution is -0.154. The van der Waals surface area contributed by atoms with Gasteiger partial charge in [0, 0.05) is 12.6 Å². The molecule has 3 unspecified atom stereocenters. The minimum atomic E-state index is -0.952. The Labute approximate surface area is 143 Å². The predicted molar refractivity (Wildman–Crippen MR) is 90.1 cm³/mol. The zero-order chi connectivity index (χ0) is 17.9. The molecular formula is C18H27NO5. The molecule has 0 fully saturated rings. The number of nitrogens with one attached hydrogen (secondary N) is 1. The molecule has 1 aromatic carbocycles. The van der Waals surface area contributed by atoms with Crippen LogP contribution in [0.4, 0.5) is 0 Å². The van der Waals surface area contributed by atoms with Gasteiger partial charge in [-0.15, -0.1) is 0 Å². The van der Waals surface area contributed by atoms with Crippen LogP contribution in [0.3, 0.4) is 0 Å². The Morgan fingerprint density at radius 3 is 2.29 bits per heavy atom. The molecule has 0 amide bonds. The number of aliphatic hydroxyl groups is 1. The van der Waals surface area contributed by atoms with Crippen molar-refractivity contribution in [1.82, 2.24) is 5.32 Å². The second-order valence-electron chi connectivity index (χ2n) is 5.50. The van der Waals surface area contributed by atoms with Crippen LogP contribution in [0, 0.1) is 5.92 Å². The van der Waals surface area contributed by atoms with Crippen LogP contribution >= 0.6 is 0 Å². The van der Waals surface area contributed by atoms with Crippen LogP contribution in [0.5, 0.6) is 0 Å². The number of benzene rings is 1. The second-order valence-corrected chi connectivity index (χ2v) is 5.50. The number of carbonyl (C=O) groups excluding carboxylic acids is 2.